The number of benzene rings is 2. The molecule has 0 spiro atoms. The van der Waals surface area contributed by atoms with Crippen molar-refractivity contribution in [2.45, 2.75) is 10.6 Å². The molecule has 0 bridgehead atoms. The molecular formula is C13H10Br2FNOS. The lowest BCUT2D eigenvalue weighted by molar-refractivity contribution is 0.614. The number of rotatable bonds is 3. The lowest BCUT2D eigenvalue weighted by atomic mass is 10.2. The predicted octanol–water partition coefficient (Wildman–Crippen LogP) is 4.24. The van der Waals surface area contributed by atoms with E-state index in [9.17, 15) is 8.60 Å². The number of halogens is 3. The van der Waals surface area contributed by atoms with Gasteiger partial charge in [0.2, 0.25) is 0 Å². The SMILES string of the molecule is Nc1ccc(S(=O)Cc2ccc(Br)cc2F)c(Br)c1. The van der Waals surface area contributed by atoms with Gasteiger partial charge in [-0.05, 0) is 46.3 Å². The number of nitrogens with two attached hydrogens (primary N) is 1. The molecule has 0 saturated carbocycles. The molecule has 2 N–H and O–H groups in total. The summed E-state index contributed by atoms with van der Waals surface area (Å²) in [6.45, 7) is 0. The molecule has 19 heavy (non-hydrogen) atoms. The van der Waals surface area contributed by atoms with Crippen LogP contribution in [-0.2, 0) is 16.6 Å². The number of nitrogen functional groups attached to an aromatic ring is 1. The fraction of sp³-hybridized carbons (Fsp3) is 0.0769. The van der Waals surface area contributed by atoms with Gasteiger partial charge in [0.1, 0.15) is 5.82 Å². The van der Waals surface area contributed by atoms with Gasteiger partial charge in [0, 0.05) is 20.2 Å². The van der Waals surface area contributed by atoms with Crippen molar-refractivity contribution in [3.8, 4) is 0 Å². The maximum atomic E-state index is 13.7. The van der Waals surface area contributed by atoms with Crippen LogP contribution in [0, 0.1) is 5.82 Å². The lowest BCUT2D eigenvalue weighted by Gasteiger charge is -2.07. The Balaban J connectivity index is 2.25. The summed E-state index contributed by atoms with van der Waals surface area (Å²) in [7, 11) is -1.33. The van der Waals surface area contributed by atoms with Crippen molar-refractivity contribution in [3.05, 3.63) is 56.7 Å². The molecule has 2 rings (SSSR count). The molecule has 0 amide bonds. The summed E-state index contributed by atoms with van der Waals surface area (Å²) in [5, 5.41) is 0. The van der Waals surface area contributed by atoms with Gasteiger partial charge in [-0.2, -0.15) is 0 Å². The zero-order chi connectivity index (χ0) is 14.0. The van der Waals surface area contributed by atoms with Gasteiger partial charge in [-0.1, -0.05) is 22.0 Å². The number of hydrogen-bond acceptors (Lipinski definition) is 2. The molecule has 6 heteroatoms. The largest absolute Gasteiger partial charge is 0.399 e. The normalized spacial score (nSPS) is 12.4. The van der Waals surface area contributed by atoms with Crippen LogP contribution in [0.2, 0.25) is 0 Å². The van der Waals surface area contributed by atoms with Crippen molar-refractivity contribution in [3.63, 3.8) is 0 Å². The van der Waals surface area contributed by atoms with E-state index in [1.54, 1.807) is 30.3 Å². The van der Waals surface area contributed by atoms with Crippen molar-refractivity contribution >= 4 is 48.3 Å². The van der Waals surface area contributed by atoms with Crippen LogP contribution < -0.4 is 5.73 Å². The van der Waals surface area contributed by atoms with Gasteiger partial charge in [0.15, 0.2) is 0 Å². The second kappa shape index (κ2) is 6.15. The van der Waals surface area contributed by atoms with Crippen molar-refractivity contribution in [2.24, 2.45) is 0 Å². The summed E-state index contributed by atoms with van der Waals surface area (Å²) in [5.74, 6) is -0.240. The maximum Gasteiger partial charge on any atom is 0.128 e. The minimum absolute atomic E-state index is 0.127. The first-order valence-electron chi connectivity index (χ1n) is 5.34. The highest BCUT2D eigenvalue weighted by Gasteiger charge is 2.12. The molecule has 1 unspecified atom stereocenters. The molecule has 2 aromatic carbocycles. The van der Waals surface area contributed by atoms with Crippen molar-refractivity contribution in [2.75, 3.05) is 5.73 Å². The number of anilines is 1. The molecule has 100 valence electrons. The van der Waals surface area contributed by atoms with E-state index in [0.29, 0.717) is 25.1 Å². The topological polar surface area (TPSA) is 43.1 Å². The van der Waals surface area contributed by atoms with Crippen LogP contribution in [0.5, 0.6) is 0 Å². The second-order valence-corrected chi connectivity index (χ2v) is 7.11. The Kier molecular flexibility index (Phi) is 4.76. The Morgan fingerprint density at radius 2 is 1.89 bits per heavy atom. The third kappa shape index (κ3) is 3.64. The zero-order valence-corrected chi connectivity index (χ0v) is 13.7. The molecule has 0 aromatic heterocycles. The summed E-state index contributed by atoms with van der Waals surface area (Å²) in [4.78, 5) is 0.608. The molecule has 0 aliphatic carbocycles. The smallest absolute Gasteiger partial charge is 0.128 e. The van der Waals surface area contributed by atoms with Crippen LogP contribution in [-0.4, -0.2) is 4.21 Å². The molecule has 1 atom stereocenters. The Labute approximate surface area is 129 Å². The third-order valence-corrected chi connectivity index (χ3v) is 5.33. The van der Waals surface area contributed by atoms with Crippen molar-refractivity contribution in [1.29, 1.82) is 0 Å². The second-order valence-electron chi connectivity index (χ2n) is 3.92. The minimum Gasteiger partial charge on any atom is -0.399 e. The molecule has 0 radical (unpaired) electrons. The highest BCUT2D eigenvalue weighted by atomic mass is 79.9. The molecule has 2 nitrogen and oxygen atoms in total. The molecule has 0 heterocycles. The van der Waals surface area contributed by atoms with E-state index in [-0.39, 0.29) is 11.6 Å². The van der Waals surface area contributed by atoms with E-state index < -0.39 is 10.8 Å². The monoisotopic (exact) mass is 405 g/mol. The standard InChI is InChI=1S/C13H10Br2FNOS/c14-9-2-1-8(12(16)5-9)7-19(18)13-4-3-10(17)6-11(13)15/h1-6H,7,17H2. The fourth-order valence-corrected chi connectivity index (χ4v) is 4.00. The Morgan fingerprint density at radius 1 is 1.16 bits per heavy atom. The lowest BCUT2D eigenvalue weighted by Crippen LogP contribution is -2.00. The van der Waals surface area contributed by atoms with Crippen LogP contribution in [0.3, 0.4) is 0 Å². The summed E-state index contributed by atoms with van der Waals surface area (Å²) in [6.07, 6.45) is 0. The molecule has 0 saturated heterocycles. The van der Waals surface area contributed by atoms with Gasteiger partial charge in [-0.15, -0.1) is 0 Å². The average molecular weight is 407 g/mol. The van der Waals surface area contributed by atoms with E-state index in [1.807, 2.05) is 0 Å². The molecule has 0 fully saturated rings. The quantitative estimate of drug-likeness (QED) is 0.774. The predicted molar refractivity (Wildman–Crippen MR) is 82.8 cm³/mol. The first-order chi connectivity index (χ1) is 8.97. The van der Waals surface area contributed by atoms with E-state index in [0.717, 1.165) is 0 Å². The highest BCUT2D eigenvalue weighted by molar-refractivity contribution is 9.10. The summed E-state index contributed by atoms with van der Waals surface area (Å²) < 4.78 is 27.3. The van der Waals surface area contributed by atoms with Gasteiger partial charge in [-0.25, -0.2) is 4.39 Å². The van der Waals surface area contributed by atoms with Crippen LogP contribution in [0.15, 0.2) is 50.2 Å². The Hall–Kier alpha value is -0.720. The Bertz CT molecular complexity index is 649. The molecule has 2 aromatic rings. The van der Waals surface area contributed by atoms with Crippen molar-refractivity contribution in [1.82, 2.24) is 0 Å². The van der Waals surface area contributed by atoms with Crippen molar-refractivity contribution < 1.29 is 8.60 Å². The first-order valence-corrected chi connectivity index (χ1v) is 8.25. The maximum absolute atomic E-state index is 13.7. The van der Waals surface area contributed by atoms with Crippen LogP contribution in [0.25, 0.3) is 0 Å². The van der Waals surface area contributed by atoms with E-state index >= 15 is 0 Å². The number of hydrogen-bond donors (Lipinski definition) is 1. The summed E-state index contributed by atoms with van der Waals surface area (Å²) >= 11 is 6.51. The molecule has 0 aliphatic rings. The minimum atomic E-state index is -1.33. The molecule has 0 aliphatic heterocycles. The van der Waals surface area contributed by atoms with Gasteiger partial charge in [0.05, 0.1) is 21.4 Å². The van der Waals surface area contributed by atoms with Gasteiger partial charge in [0.25, 0.3) is 0 Å². The van der Waals surface area contributed by atoms with Gasteiger partial charge < -0.3 is 5.73 Å². The summed E-state index contributed by atoms with van der Waals surface area (Å²) in [5.41, 5.74) is 6.63. The van der Waals surface area contributed by atoms with E-state index in [1.165, 1.54) is 6.07 Å². The zero-order valence-electron chi connectivity index (χ0n) is 9.70. The fourth-order valence-electron chi connectivity index (χ4n) is 1.56. The van der Waals surface area contributed by atoms with Crippen LogP contribution >= 0.6 is 31.9 Å². The third-order valence-electron chi connectivity index (χ3n) is 2.50. The highest BCUT2D eigenvalue weighted by Crippen LogP contribution is 2.25. The average Bonchev–Trinajstić information content (AvgIpc) is 2.32. The summed E-state index contributed by atoms with van der Waals surface area (Å²) in [6, 6.07) is 9.77. The van der Waals surface area contributed by atoms with Crippen LogP contribution in [0.4, 0.5) is 10.1 Å². The Morgan fingerprint density at radius 3 is 2.53 bits per heavy atom. The van der Waals surface area contributed by atoms with Gasteiger partial charge >= 0.3 is 0 Å². The van der Waals surface area contributed by atoms with E-state index in [2.05, 4.69) is 31.9 Å². The molecular weight excluding hydrogens is 397 g/mol. The van der Waals surface area contributed by atoms with E-state index in [4.69, 9.17) is 5.73 Å². The first kappa shape index (κ1) is 14.7. The van der Waals surface area contributed by atoms with Crippen LogP contribution in [0.1, 0.15) is 5.56 Å². The van der Waals surface area contributed by atoms with Gasteiger partial charge in [-0.3, -0.25) is 4.21 Å².